The minimum atomic E-state index is 0.422. The number of hydrogen-bond donors (Lipinski definition) is 2. The number of rotatable bonds is 6. The van der Waals surface area contributed by atoms with Gasteiger partial charge in [0.1, 0.15) is 5.69 Å². The molecule has 2 aromatic heterocycles. The number of aliphatic imine (C=N–C) groups is 1. The monoisotopic (exact) mass is 479 g/mol. The number of aromatic nitrogens is 2. The van der Waals surface area contributed by atoms with E-state index in [1.54, 1.807) is 12.4 Å². The lowest BCUT2D eigenvalue weighted by atomic mass is 10.1. The summed E-state index contributed by atoms with van der Waals surface area (Å²) in [4.78, 5) is 18.0. The van der Waals surface area contributed by atoms with Crippen LogP contribution in [0.4, 0.5) is 17.2 Å². The van der Waals surface area contributed by atoms with Gasteiger partial charge in [0.05, 0.1) is 10.2 Å². The molecule has 1 fully saturated rings. The van der Waals surface area contributed by atoms with E-state index >= 15 is 0 Å². The van der Waals surface area contributed by atoms with Crippen molar-refractivity contribution in [3.8, 4) is 0 Å². The molecule has 0 unspecified atom stereocenters. The summed E-state index contributed by atoms with van der Waals surface area (Å²) in [7, 11) is 0. The molecule has 31 heavy (non-hydrogen) atoms. The van der Waals surface area contributed by atoms with Gasteiger partial charge in [-0.2, -0.15) is 0 Å². The molecule has 0 spiro atoms. The number of halogens is 1. The Morgan fingerprint density at radius 3 is 2.48 bits per heavy atom. The zero-order chi connectivity index (χ0) is 21.6. The van der Waals surface area contributed by atoms with Crippen molar-refractivity contribution in [3.63, 3.8) is 0 Å². The number of pyridine rings is 2. The average Bonchev–Trinajstić information content (AvgIpc) is 2.81. The van der Waals surface area contributed by atoms with Crippen LogP contribution >= 0.6 is 15.9 Å². The molecular formula is C23H26BrN7. The van der Waals surface area contributed by atoms with Crippen molar-refractivity contribution in [2.24, 2.45) is 10.7 Å². The molecular weight excluding hydrogens is 454 g/mol. The third kappa shape index (κ3) is 5.28. The SMILES string of the molecule is NCc1ccc(C=Nc2c(N)ncc(Br)c2N2CCN(Cc3cccnc3)CC2)cc1. The second-order valence-electron chi connectivity index (χ2n) is 7.52. The normalized spacial score (nSPS) is 15.0. The van der Waals surface area contributed by atoms with Crippen molar-refractivity contribution < 1.29 is 0 Å². The number of nitrogen functional groups attached to an aromatic ring is 1. The molecule has 7 nitrogen and oxygen atoms in total. The van der Waals surface area contributed by atoms with Gasteiger partial charge in [0.15, 0.2) is 5.82 Å². The largest absolute Gasteiger partial charge is 0.382 e. The van der Waals surface area contributed by atoms with E-state index in [2.05, 4.69) is 41.8 Å². The van der Waals surface area contributed by atoms with Crippen LogP contribution in [-0.2, 0) is 13.1 Å². The highest BCUT2D eigenvalue weighted by molar-refractivity contribution is 9.10. The fourth-order valence-electron chi connectivity index (χ4n) is 3.67. The van der Waals surface area contributed by atoms with E-state index in [0.29, 0.717) is 18.1 Å². The van der Waals surface area contributed by atoms with Crippen molar-refractivity contribution in [1.82, 2.24) is 14.9 Å². The van der Waals surface area contributed by atoms with E-state index in [1.165, 1.54) is 5.56 Å². The van der Waals surface area contributed by atoms with E-state index in [4.69, 9.17) is 16.5 Å². The van der Waals surface area contributed by atoms with Crippen LogP contribution in [0.25, 0.3) is 0 Å². The van der Waals surface area contributed by atoms with E-state index in [1.807, 2.05) is 42.7 Å². The van der Waals surface area contributed by atoms with E-state index in [0.717, 1.165) is 54.0 Å². The third-order valence-corrected chi connectivity index (χ3v) is 5.97. The maximum atomic E-state index is 6.23. The van der Waals surface area contributed by atoms with Crippen molar-refractivity contribution in [2.45, 2.75) is 13.1 Å². The van der Waals surface area contributed by atoms with Gasteiger partial charge in [0.25, 0.3) is 0 Å². The first kappa shape index (κ1) is 21.4. The number of nitrogens with zero attached hydrogens (tertiary/aromatic N) is 5. The molecule has 3 heterocycles. The highest BCUT2D eigenvalue weighted by atomic mass is 79.9. The predicted molar refractivity (Wildman–Crippen MR) is 130 cm³/mol. The first-order valence-corrected chi connectivity index (χ1v) is 11.1. The zero-order valence-electron chi connectivity index (χ0n) is 17.3. The lowest BCUT2D eigenvalue weighted by Gasteiger charge is -2.37. The molecule has 0 saturated carbocycles. The minimum absolute atomic E-state index is 0.422. The number of piperazine rings is 1. The average molecular weight is 480 g/mol. The Bertz CT molecular complexity index is 1030. The molecule has 1 saturated heterocycles. The van der Waals surface area contributed by atoms with E-state index in [-0.39, 0.29) is 0 Å². The smallest absolute Gasteiger partial charge is 0.151 e. The van der Waals surface area contributed by atoms with Crippen molar-refractivity contribution in [3.05, 3.63) is 76.2 Å². The summed E-state index contributed by atoms with van der Waals surface area (Å²) in [6, 6.07) is 12.1. The van der Waals surface area contributed by atoms with Crippen molar-refractivity contribution >= 4 is 39.3 Å². The molecule has 1 aromatic carbocycles. The third-order valence-electron chi connectivity index (χ3n) is 5.39. The number of hydrogen-bond acceptors (Lipinski definition) is 7. The predicted octanol–water partition coefficient (Wildman–Crippen LogP) is 3.35. The Morgan fingerprint density at radius 2 is 1.81 bits per heavy atom. The summed E-state index contributed by atoms with van der Waals surface area (Å²) in [5.41, 5.74) is 16.9. The molecule has 160 valence electrons. The Morgan fingerprint density at radius 1 is 1.03 bits per heavy atom. The summed E-state index contributed by atoms with van der Waals surface area (Å²) in [6.45, 7) is 5.11. The maximum Gasteiger partial charge on any atom is 0.151 e. The molecule has 1 aliphatic rings. The fraction of sp³-hybridized carbons (Fsp3) is 0.261. The lowest BCUT2D eigenvalue weighted by molar-refractivity contribution is 0.249. The van der Waals surface area contributed by atoms with E-state index in [9.17, 15) is 0 Å². The van der Waals surface area contributed by atoms with Crippen molar-refractivity contribution in [1.29, 1.82) is 0 Å². The Balaban J connectivity index is 1.50. The van der Waals surface area contributed by atoms with Gasteiger partial charge >= 0.3 is 0 Å². The number of benzene rings is 1. The molecule has 0 radical (unpaired) electrons. The van der Waals surface area contributed by atoms with Crippen LogP contribution in [-0.4, -0.2) is 47.3 Å². The molecule has 0 atom stereocenters. The van der Waals surface area contributed by atoms with Gasteiger partial charge in [-0.05, 0) is 38.7 Å². The van der Waals surface area contributed by atoms with Gasteiger partial charge in [-0.1, -0.05) is 30.3 Å². The fourth-order valence-corrected chi connectivity index (χ4v) is 4.21. The quantitative estimate of drug-likeness (QED) is 0.526. The zero-order valence-corrected chi connectivity index (χ0v) is 18.9. The highest BCUT2D eigenvalue weighted by Gasteiger charge is 2.23. The van der Waals surface area contributed by atoms with Gasteiger partial charge in [0, 0.05) is 64.1 Å². The van der Waals surface area contributed by atoms with Crippen molar-refractivity contribution in [2.75, 3.05) is 36.8 Å². The van der Waals surface area contributed by atoms with Crippen LogP contribution < -0.4 is 16.4 Å². The van der Waals surface area contributed by atoms with Crippen LogP contribution in [0.1, 0.15) is 16.7 Å². The second-order valence-corrected chi connectivity index (χ2v) is 8.37. The molecule has 1 aliphatic heterocycles. The first-order valence-electron chi connectivity index (χ1n) is 10.3. The molecule has 4 N–H and O–H groups in total. The molecule has 8 heteroatoms. The Hall–Kier alpha value is -2.81. The van der Waals surface area contributed by atoms with Gasteiger partial charge in [-0.3, -0.25) is 14.9 Å². The van der Waals surface area contributed by atoms with Crippen LogP contribution in [0.5, 0.6) is 0 Å². The summed E-state index contributed by atoms with van der Waals surface area (Å²) in [5.74, 6) is 0.422. The van der Waals surface area contributed by atoms with Gasteiger partial charge in [0.2, 0.25) is 0 Å². The molecule has 3 aromatic rings. The van der Waals surface area contributed by atoms with Crippen LogP contribution in [0.15, 0.2) is 64.5 Å². The standard InChI is InChI=1S/C23H26BrN7/c24-20-15-29-23(26)21(28-14-18-5-3-17(12-25)4-6-18)22(20)31-10-8-30(9-11-31)16-19-2-1-7-27-13-19/h1-7,13-15H,8-12,16,25H2,(H2,26,29). The topological polar surface area (TPSA) is 96.7 Å². The lowest BCUT2D eigenvalue weighted by Crippen LogP contribution is -2.46. The number of anilines is 2. The molecule has 0 bridgehead atoms. The second kappa shape index (κ2) is 10.00. The molecule has 0 amide bonds. The van der Waals surface area contributed by atoms with Crippen LogP contribution in [0.3, 0.4) is 0 Å². The Labute approximate surface area is 190 Å². The summed E-state index contributed by atoms with van der Waals surface area (Å²) in [5, 5.41) is 0. The molecule has 4 rings (SSSR count). The van der Waals surface area contributed by atoms with Crippen LogP contribution in [0.2, 0.25) is 0 Å². The Kier molecular flexibility index (Phi) is 6.91. The van der Waals surface area contributed by atoms with Crippen LogP contribution in [0, 0.1) is 0 Å². The summed E-state index contributed by atoms with van der Waals surface area (Å²) >= 11 is 3.66. The summed E-state index contributed by atoms with van der Waals surface area (Å²) < 4.78 is 0.896. The summed E-state index contributed by atoms with van der Waals surface area (Å²) in [6.07, 6.45) is 7.31. The molecule has 0 aliphatic carbocycles. The maximum absolute atomic E-state index is 6.23. The highest BCUT2D eigenvalue weighted by Crippen LogP contribution is 2.39. The minimum Gasteiger partial charge on any atom is -0.382 e. The van der Waals surface area contributed by atoms with Gasteiger partial charge in [-0.15, -0.1) is 0 Å². The first-order chi connectivity index (χ1) is 15.1. The van der Waals surface area contributed by atoms with Gasteiger partial charge in [-0.25, -0.2) is 4.98 Å². The number of nitrogens with two attached hydrogens (primary N) is 2. The van der Waals surface area contributed by atoms with E-state index < -0.39 is 0 Å². The van der Waals surface area contributed by atoms with Gasteiger partial charge < -0.3 is 16.4 Å².